The van der Waals surface area contributed by atoms with Crippen LogP contribution in [0.1, 0.15) is 52.9 Å². The van der Waals surface area contributed by atoms with Crippen LogP contribution in [0.3, 0.4) is 0 Å². The molecular formula is C13H26N2O. The van der Waals surface area contributed by atoms with Gasteiger partial charge in [-0.1, -0.05) is 13.3 Å². The second-order valence-corrected chi connectivity index (χ2v) is 4.82. The van der Waals surface area contributed by atoms with E-state index in [0.717, 1.165) is 32.4 Å². The SMILES string of the molecule is CCCCN(CC)C(=O)C1CCCC(C)N1. The summed E-state index contributed by atoms with van der Waals surface area (Å²) in [5.74, 6) is 0.308. The number of carbonyl (C=O) groups excluding carboxylic acids is 1. The van der Waals surface area contributed by atoms with Crippen molar-refractivity contribution in [3.05, 3.63) is 0 Å². The number of unbranched alkanes of at least 4 members (excludes halogenated alkanes) is 1. The third kappa shape index (κ3) is 3.78. The number of nitrogens with zero attached hydrogens (tertiary/aromatic N) is 1. The van der Waals surface area contributed by atoms with Gasteiger partial charge in [0.2, 0.25) is 5.91 Å². The van der Waals surface area contributed by atoms with Gasteiger partial charge in [-0.2, -0.15) is 0 Å². The molecule has 1 amide bonds. The van der Waals surface area contributed by atoms with Gasteiger partial charge in [-0.3, -0.25) is 4.79 Å². The first kappa shape index (κ1) is 13.5. The smallest absolute Gasteiger partial charge is 0.239 e. The lowest BCUT2D eigenvalue weighted by atomic mass is 9.98. The maximum absolute atomic E-state index is 12.2. The zero-order chi connectivity index (χ0) is 12.0. The number of rotatable bonds is 5. The van der Waals surface area contributed by atoms with Crippen LogP contribution >= 0.6 is 0 Å². The second kappa shape index (κ2) is 6.89. The number of hydrogen-bond donors (Lipinski definition) is 1. The van der Waals surface area contributed by atoms with Gasteiger partial charge in [-0.05, 0) is 39.5 Å². The minimum absolute atomic E-state index is 0.0700. The number of piperidine rings is 1. The van der Waals surface area contributed by atoms with Crippen molar-refractivity contribution in [1.82, 2.24) is 10.2 Å². The molecule has 94 valence electrons. The van der Waals surface area contributed by atoms with Crippen LogP contribution < -0.4 is 5.32 Å². The van der Waals surface area contributed by atoms with Crippen molar-refractivity contribution in [1.29, 1.82) is 0 Å². The predicted octanol–water partition coefficient (Wildman–Crippen LogP) is 2.17. The lowest BCUT2D eigenvalue weighted by Gasteiger charge is -2.32. The van der Waals surface area contributed by atoms with Crippen LogP contribution in [0.25, 0.3) is 0 Å². The molecule has 1 heterocycles. The number of likely N-dealkylation sites (N-methyl/N-ethyl adjacent to an activating group) is 1. The normalized spacial score (nSPS) is 25.4. The first-order valence-corrected chi connectivity index (χ1v) is 6.73. The summed E-state index contributed by atoms with van der Waals surface area (Å²) < 4.78 is 0. The molecule has 1 N–H and O–H groups in total. The Kier molecular flexibility index (Phi) is 5.81. The molecule has 1 aliphatic heterocycles. The lowest BCUT2D eigenvalue weighted by molar-refractivity contribution is -0.134. The molecular weight excluding hydrogens is 200 g/mol. The number of hydrogen-bond acceptors (Lipinski definition) is 2. The van der Waals surface area contributed by atoms with E-state index in [0.29, 0.717) is 11.9 Å². The van der Waals surface area contributed by atoms with Crippen molar-refractivity contribution in [2.45, 2.75) is 65.0 Å². The van der Waals surface area contributed by atoms with Crippen LogP contribution in [-0.2, 0) is 4.79 Å². The highest BCUT2D eigenvalue weighted by molar-refractivity contribution is 5.82. The van der Waals surface area contributed by atoms with Gasteiger partial charge in [-0.25, -0.2) is 0 Å². The first-order chi connectivity index (χ1) is 7.69. The quantitative estimate of drug-likeness (QED) is 0.779. The molecule has 0 spiro atoms. The molecule has 1 fully saturated rings. The molecule has 0 aromatic carbocycles. The van der Waals surface area contributed by atoms with Crippen LogP contribution in [-0.4, -0.2) is 36.0 Å². The molecule has 1 aliphatic rings. The van der Waals surface area contributed by atoms with E-state index < -0.39 is 0 Å². The Labute approximate surface area is 99.6 Å². The Morgan fingerprint density at radius 3 is 2.69 bits per heavy atom. The summed E-state index contributed by atoms with van der Waals surface area (Å²) in [5, 5.41) is 3.42. The zero-order valence-electron chi connectivity index (χ0n) is 11.0. The summed E-state index contributed by atoms with van der Waals surface area (Å²) in [6, 6.07) is 0.563. The molecule has 0 aromatic heterocycles. The lowest BCUT2D eigenvalue weighted by Crippen LogP contribution is -2.51. The Hall–Kier alpha value is -0.570. The highest BCUT2D eigenvalue weighted by Gasteiger charge is 2.26. The molecule has 0 saturated carbocycles. The van der Waals surface area contributed by atoms with E-state index in [1.165, 1.54) is 12.8 Å². The van der Waals surface area contributed by atoms with Gasteiger partial charge in [0.25, 0.3) is 0 Å². The van der Waals surface area contributed by atoms with Crippen molar-refractivity contribution in [2.75, 3.05) is 13.1 Å². The van der Waals surface area contributed by atoms with E-state index in [1.54, 1.807) is 0 Å². The summed E-state index contributed by atoms with van der Waals surface area (Å²) >= 11 is 0. The zero-order valence-corrected chi connectivity index (χ0v) is 11.0. The fraction of sp³-hybridized carbons (Fsp3) is 0.923. The van der Waals surface area contributed by atoms with Gasteiger partial charge in [0.1, 0.15) is 0 Å². The molecule has 0 aromatic rings. The molecule has 0 aliphatic carbocycles. The van der Waals surface area contributed by atoms with Crippen LogP contribution in [0.15, 0.2) is 0 Å². The molecule has 0 bridgehead atoms. The minimum atomic E-state index is 0.0700. The summed E-state index contributed by atoms with van der Waals surface area (Å²) in [6.07, 6.45) is 5.65. The Bertz CT molecular complexity index is 218. The molecule has 3 nitrogen and oxygen atoms in total. The van der Waals surface area contributed by atoms with Gasteiger partial charge in [0.05, 0.1) is 6.04 Å². The predicted molar refractivity (Wildman–Crippen MR) is 67.4 cm³/mol. The standard InChI is InChI=1S/C13H26N2O/c1-4-6-10-15(5-2)13(16)12-9-7-8-11(3)14-12/h11-12,14H,4-10H2,1-3H3. The van der Waals surface area contributed by atoms with E-state index >= 15 is 0 Å². The molecule has 1 saturated heterocycles. The van der Waals surface area contributed by atoms with Gasteiger partial charge >= 0.3 is 0 Å². The molecule has 16 heavy (non-hydrogen) atoms. The first-order valence-electron chi connectivity index (χ1n) is 6.73. The summed E-state index contributed by atoms with van der Waals surface area (Å²) in [6.45, 7) is 8.16. The van der Waals surface area contributed by atoms with Crippen LogP contribution in [0.2, 0.25) is 0 Å². The second-order valence-electron chi connectivity index (χ2n) is 4.82. The monoisotopic (exact) mass is 226 g/mol. The van der Waals surface area contributed by atoms with Crippen molar-refractivity contribution in [3.63, 3.8) is 0 Å². The minimum Gasteiger partial charge on any atom is -0.342 e. The number of carbonyl (C=O) groups is 1. The Morgan fingerprint density at radius 2 is 2.12 bits per heavy atom. The molecule has 2 atom stereocenters. The molecule has 0 radical (unpaired) electrons. The average molecular weight is 226 g/mol. The fourth-order valence-corrected chi connectivity index (χ4v) is 2.33. The van der Waals surface area contributed by atoms with Crippen LogP contribution in [0, 0.1) is 0 Å². The summed E-state index contributed by atoms with van der Waals surface area (Å²) in [4.78, 5) is 14.2. The topological polar surface area (TPSA) is 32.3 Å². The third-order valence-corrected chi connectivity index (χ3v) is 3.39. The summed E-state index contributed by atoms with van der Waals surface area (Å²) in [7, 11) is 0. The van der Waals surface area contributed by atoms with Gasteiger partial charge < -0.3 is 10.2 Å². The molecule has 3 heteroatoms. The van der Waals surface area contributed by atoms with Crippen LogP contribution in [0.5, 0.6) is 0 Å². The van der Waals surface area contributed by atoms with E-state index in [9.17, 15) is 4.79 Å². The van der Waals surface area contributed by atoms with Gasteiger partial charge in [0.15, 0.2) is 0 Å². The van der Waals surface area contributed by atoms with E-state index in [2.05, 4.69) is 26.1 Å². The molecule has 1 rings (SSSR count). The largest absolute Gasteiger partial charge is 0.342 e. The molecule has 2 unspecified atom stereocenters. The maximum Gasteiger partial charge on any atom is 0.239 e. The maximum atomic E-state index is 12.2. The Morgan fingerprint density at radius 1 is 1.38 bits per heavy atom. The van der Waals surface area contributed by atoms with E-state index in [4.69, 9.17) is 0 Å². The number of nitrogens with one attached hydrogen (secondary N) is 1. The van der Waals surface area contributed by atoms with E-state index in [1.807, 2.05) is 4.90 Å². The van der Waals surface area contributed by atoms with Crippen molar-refractivity contribution < 1.29 is 4.79 Å². The fourth-order valence-electron chi connectivity index (χ4n) is 2.33. The third-order valence-electron chi connectivity index (χ3n) is 3.39. The Balaban J connectivity index is 2.46. The highest BCUT2D eigenvalue weighted by Crippen LogP contribution is 2.14. The van der Waals surface area contributed by atoms with Gasteiger partial charge in [0, 0.05) is 19.1 Å². The van der Waals surface area contributed by atoms with E-state index in [-0.39, 0.29) is 6.04 Å². The average Bonchev–Trinajstić information content (AvgIpc) is 2.29. The van der Waals surface area contributed by atoms with Crippen LogP contribution in [0.4, 0.5) is 0 Å². The highest BCUT2D eigenvalue weighted by atomic mass is 16.2. The van der Waals surface area contributed by atoms with Crippen molar-refractivity contribution in [3.8, 4) is 0 Å². The van der Waals surface area contributed by atoms with Crippen molar-refractivity contribution in [2.24, 2.45) is 0 Å². The summed E-state index contributed by atoms with van der Waals surface area (Å²) in [5.41, 5.74) is 0. The number of amides is 1. The van der Waals surface area contributed by atoms with Gasteiger partial charge in [-0.15, -0.1) is 0 Å². The van der Waals surface area contributed by atoms with Crippen molar-refractivity contribution >= 4 is 5.91 Å².